The fourth-order valence-electron chi connectivity index (χ4n) is 2.72. The van der Waals surface area contributed by atoms with E-state index in [2.05, 4.69) is 37.5 Å². The van der Waals surface area contributed by atoms with Crippen LogP contribution in [0.15, 0.2) is 28.7 Å². The van der Waals surface area contributed by atoms with Crippen molar-refractivity contribution in [2.45, 2.75) is 32.7 Å². The van der Waals surface area contributed by atoms with E-state index in [1.165, 1.54) is 18.4 Å². The zero-order valence-corrected chi connectivity index (χ0v) is 10.9. The van der Waals surface area contributed by atoms with Crippen LogP contribution < -0.4 is 11.3 Å². The van der Waals surface area contributed by atoms with Crippen molar-refractivity contribution in [3.63, 3.8) is 0 Å². The Bertz CT molecular complexity index is 557. The van der Waals surface area contributed by atoms with E-state index in [4.69, 9.17) is 10.3 Å². The third-order valence-corrected chi connectivity index (χ3v) is 4.07. The molecule has 3 nitrogen and oxygen atoms in total. The van der Waals surface area contributed by atoms with Gasteiger partial charge < -0.3 is 4.42 Å². The molecular weight excluding hydrogens is 224 g/mol. The molecule has 1 aromatic heterocycles. The molecule has 96 valence electrons. The minimum absolute atomic E-state index is 0.116. The maximum absolute atomic E-state index is 5.93. The van der Waals surface area contributed by atoms with Gasteiger partial charge in [0.2, 0.25) is 0 Å². The Labute approximate surface area is 107 Å². The van der Waals surface area contributed by atoms with E-state index in [1.807, 2.05) is 6.07 Å². The molecule has 2 atom stereocenters. The summed E-state index contributed by atoms with van der Waals surface area (Å²) in [6.07, 6.45) is 2.64. The van der Waals surface area contributed by atoms with E-state index in [0.717, 1.165) is 22.6 Å². The predicted molar refractivity (Wildman–Crippen MR) is 72.9 cm³/mol. The molecule has 3 heteroatoms. The third-order valence-electron chi connectivity index (χ3n) is 4.07. The summed E-state index contributed by atoms with van der Waals surface area (Å²) < 4.78 is 5.93. The van der Waals surface area contributed by atoms with Crippen molar-refractivity contribution < 1.29 is 4.42 Å². The highest BCUT2D eigenvalue weighted by Gasteiger charge is 2.35. The normalized spacial score (nSPS) is 19.1. The second-order valence-corrected chi connectivity index (χ2v) is 5.53. The van der Waals surface area contributed by atoms with Crippen LogP contribution in [0.4, 0.5) is 0 Å². The van der Waals surface area contributed by atoms with Crippen LogP contribution in [0.2, 0.25) is 0 Å². The summed E-state index contributed by atoms with van der Waals surface area (Å²) in [5.41, 5.74) is 5.12. The number of nitrogens with two attached hydrogens (primary N) is 1. The lowest BCUT2D eigenvalue weighted by atomic mass is 9.95. The number of hydrogen-bond donors (Lipinski definition) is 2. The Morgan fingerprint density at radius 2 is 2.11 bits per heavy atom. The second kappa shape index (κ2) is 4.41. The smallest absolute Gasteiger partial charge is 0.134 e. The molecule has 1 fully saturated rings. The van der Waals surface area contributed by atoms with Crippen LogP contribution in [0.5, 0.6) is 0 Å². The fraction of sp³-hybridized carbons (Fsp3) is 0.467. The standard InChI is InChI=1S/C15H20N2O/c1-9-3-6-13-12(7-9)8-14(18-13)15(17-16)10(2)11-4-5-11/h3,6-8,10-11,15,17H,4-5,16H2,1-2H3. The Balaban J connectivity index is 1.96. The van der Waals surface area contributed by atoms with Gasteiger partial charge in [0.05, 0.1) is 6.04 Å². The molecule has 0 spiro atoms. The molecule has 1 aliphatic rings. The fourth-order valence-corrected chi connectivity index (χ4v) is 2.72. The lowest BCUT2D eigenvalue weighted by Gasteiger charge is -2.20. The minimum Gasteiger partial charge on any atom is -0.459 e. The van der Waals surface area contributed by atoms with Gasteiger partial charge in [0.1, 0.15) is 11.3 Å². The van der Waals surface area contributed by atoms with Crippen LogP contribution >= 0.6 is 0 Å². The highest BCUT2D eigenvalue weighted by molar-refractivity contribution is 5.78. The summed E-state index contributed by atoms with van der Waals surface area (Å²) in [5, 5.41) is 1.16. The van der Waals surface area contributed by atoms with Gasteiger partial charge in [-0.3, -0.25) is 5.84 Å². The van der Waals surface area contributed by atoms with Crippen molar-refractivity contribution in [3.05, 3.63) is 35.6 Å². The van der Waals surface area contributed by atoms with E-state index in [-0.39, 0.29) is 6.04 Å². The van der Waals surface area contributed by atoms with Crippen molar-refractivity contribution in [1.82, 2.24) is 5.43 Å². The number of nitrogens with one attached hydrogen (secondary N) is 1. The summed E-state index contributed by atoms with van der Waals surface area (Å²) in [5.74, 6) is 7.99. The molecule has 1 aromatic carbocycles. The summed E-state index contributed by atoms with van der Waals surface area (Å²) >= 11 is 0. The summed E-state index contributed by atoms with van der Waals surface area (Å²) in [6.45, 7) is 4.35. The highest BCUT2D eigenvalue weighted by Crippen LogP contribution is 2.43. The van der Waals surface area contributed by atoms with Gasteiger partial charge in [0, 0.05) is 5.39 Å². The number of furan rings is 1. The molecule has 2 aromatic rings. The molecule has 0 radical (unpaired) electrons. The van der Waals surface area contributed by atoms with Gasteiger partial charge in [-0.25, -0.2) is 5.43 Å². The van der Waals surface area contributed by atoms with E-state index in [9.17, 15) is 0 Å². The van der Waals surface area contributed by atoms with Gasteiger partial charge in [-0.2, -0.15) is 0 Å². The minimum atomic E-state index is 0.116. The van der Waals surface area contributed by atoms with Crippen molar-refractivity contribution in [3.8, 4) is 0 Å². The average Bonchev–Trinajstić information content (AvgIpc) is 3.11. The number of hydrogen-bond acceptors (Lipinski definition) is 3. The quantitative estimate of drug-likeness (QED) is 0.641. The molecule has 0 aliphatic heterocycles. The number of hydrazine groups is 1. The third kappa shape index (κ3) is 2.04. The van der Waals surface area contributed by atoms with Gasteiger partial charge in [-0.05, 0) is 49.8 Å². The molecule has 0 bridgehead atoms. The van der Waals surface area contributed by atoms with Crippen LogP contribution in [0, 0.1) is 18.8 Å². The second-order valence-electron chi connectivity index (χ2n) is 5.53. The summed E-state index contributed by atoms with van der Waals surface area (Å²) in [4.78, 5) is 0. The summed E-state index contributed by atoms with van der Waals surface area (Å²) in [7, 11) is 0. The van der Waals surface area contributed by atoms with E-state index < -0.39 is 0 Å². The van der Waals surface area contributed by atoms with Crippen LogP contribution in [0.1, 0.15) is 37.1 Å². The molecule has 18 heavy (non-hydrogen) atoms. The lowest BCUT2D eigenvalue weighted by molar-refractivity contribution is 0.309. The maximum atomic E-state index is 5.93. The van der Waals surface area contributed by atoms with Gasteiger partial charge in [0.15, 0.2) is 0 Å². The molecule has 3 N–H and O–H groups in total. The number of aryl methyl sites for hydroxylation is 1. The topological polar surface area (TPSA) is 51.2 Å². The monoisotopic (exact) mass is 244 g/mol. The van der Waals surface area contributed by atoms with Crippen molar-refractivity contribution in [2.24, 2.45) is 17.7 Å². The van der Waals surface area contributed by atoms with Crippen molar-refractivity contribution >= 4 is 11.0 Å². The first-order valence-electron chi connectivity index (χ1n) is 6.65. The van der Waals surface area contributed by atoms with Gasteiger partial charge in [0.25, 0.3) is 0 Å². The number of rotatable bonds is 4. The van der Waals surface area contributed by atoms with E-state index in [0.29, 0.717) is 5.92 Å². The lowest BCUT2D eigenvalue weighted by Crippen LogP contribution is -2.33. The van der Waals surface area contributed by atoms with Crippen LogP contribution in [0.25, 0.3) is 11.0 Å². The highest BCUT2D eigenvalue weighted by atomic mass is 16.3. The van der Waals surface area contributed by atoms with Crippen molar-refractivity contribution in [1.29, 1.82) is 0 Å². The van der Waals surface area contributed by atoms with E-state index in [1.54, 1.807) is 0 Å². The molecule has 3 rings (SSSR count). The molecule has 1 saturated carbocycles. The predicted octanol–water partition coefficient (Wildman–Crippen LogP) is 3.29. The molecule has 0 saturated heterocycles. The zero-order chi connectivity index (χ0) is 12.7. The molecule has 1 aliphatic carbocycles. The first kappa shape index (κ1) is 11.8. The Hall–Kier alpha value is -1.32. The van der Waals surface area contributed by atoms with Crippen molar-refractivity contribution in [2.75, 3.05) is 0 Å². The Morgan fingerprint density at radius 1 is 1.33 bits per heavy atom. The Morgan fingerprint density at radius 3 is 2.78 bits per heavy atom. The molecule has 0 amide bonds. The zero-order valence-electron chi connectivity index (χ0n) is 10.9. The SMILES string of the molecule is Cc1ccc2oc(C(NN)C(C)C3CC3)cc2c1. The average molecular weight is 244 g/mol. The van der Waals surface area contributed by atoms with Gasteiger partial charge >= 0.3 is 0 Å². The van der Waals surface area contributed by atoms with Crippen LogP contribution in [-0.2, 0) is 0 Å². The van der Waals surface area contributed by atoms with E-state index >= 15 is 0 Å². The number of fused-ring (bicyclic) bond motifs is 1. The van der Waals surface area contributed by atoms with Crippen LogP contribution in [-0.4, -0.2) is 0 Å². The van der Waals surface area contributed by atoms with Gasteiger partial charge in [-0.1, -0.05) is 18.6 Å². The molecule has 1 heterocycles. The first-order chi connectivity index (χ1) is 8.69. The van der Waals surface area contributed by atoms with Gasteiger partial charge in [-0.15, -0.1) is 0 Å². The molecular formula is C15H20N2O. The largest absolute Gasteiger partial charge is 0.459 e. The first-order valence-corrected chi connectivity index (χ1v) is 6.65. The molecule has 2 unspecified atom stereocenters. The van der Waals surface area contributed by atoms with Crippen LogP contribution in [0.3, 0.4) is 0 Å². The Kier molecular flexibility index (Phi) is 2.88. The number of benzene rings is 1. The summed E-state index contributed by atoms with van der Waals surface area (Å²) in [6, 6.07) is 8.49. The maximum Gasteiger partial charge on any atom is 0.134 e.